The van der Waals surface area contributed by atoms with E-state index in [1.54, 1.807) is 24.8 Å². The first-order chi connectivity index (χ1) is 21.7. The van der Waals surface area contributed by atoms with Crippen LogP contribution in [-0.4, -0.2) is 74.8 Å². The van der Waals surface area contributed by atoms with Crippen molar-refractivity contribution in [1.82, 2.24) is 24.4 Å². The number of nitrogens with zero attached hydrogens (tertiary/aromatic N) is 6. The lowest BCUT2D eigenvalue weighted by atomic mass is 10.0. The first-order valence-electron chi connectivity index (χ1n) is 14.4. The Kier molecular flexibility index (Phi) is 7.41. The van der Waals surface area contributed by atoms with Crippen molar-refractivity contribution in [2.75, 3.05) is 23.7 Å². The maximum Gasteiger partial charge on any atom is 0.355 e. The predicted molar refractivity (Wildman–Crippen MR) is 163 cm³/mol. The van der Waals surface area contributed by atoms with Crippen LogP contribution in [0.3, 0.4) is 0 Å². The molecular formula is C31H29F3N6O5S. The van der Waals surface area contributed by atoms with Gasteiger partial charge in [0, 0.05) is 25.3 Å². The average molecular weight is 655 g/mol. The van der Waals surface area contributed by atoms with Gasteiger partial charge in [0.05, 0.1) is 34.1 Å². The number of rotatable bonds is 4. The summed E-state index contributed by atoms with van der Waals surface area (Å²) in [5.74, 6) is -7.20. The molecule has 1 fully saturated rings. The molecule has 2 aliphatic rings. The lowest BCUT2D eigenvalue weighted by molar-refractivity contribution is -0.128. The molecule has 3 aromatic heterocycles. The Morgan fingerprint density at radius 2 is 1.85 bits per heavy atom. The number of pyridine rings is 2. The standard InChI is InChI=1S/C31H29F3N6O5S/c1-6-20(42)38-12-17-13-46(44,45)28-22-29(39(17)11-16(38)5)37-31(43)40(27-15(4)9-10-35-25(27)14(2)3)30(22)36-26(24(28)34)21-19(41)8-7-18(32)23(21)33/h6-10,14,16-17,41H,1,11-13H2,2-5H3. The van der Waals surface area contributed by atoms with E-state index in [4.69, 9.17) is 0 Å². The Bertz CT molecular complexity index is 2150. The summed E-state index contributed by atoms with van der Waals surface area (Å²) in [4.78, 5) is 41.8. The molecule has 0 bridgehead atoms. The molecule has 6 rings (SSSR count). The number of phenols is 1. The molecule has 46 heavy (non-hydrogen) atoms. The molecule has 1 N–H and O–H groups in total. The van der Waals surface area contributed by atoms with Gasteiger partial charge in [-0.25, -0.2) is 35.9 Å². The number of aryl methyl sites for hydroxylation is 1. The number of benzene rings is 1. The van der Waals surface area contributed by atoms with E-state index >= 15 is 8.78 Å². The van der Waals surface area contributed by atoms with Crippen LogP contribution in [0, 0.1) is 24.4 Å². The summed E-state index contributed by atoms with van der Waals surface area (Å²) in [5, 5.41) is 10.2. The minimum Gasteiger partial charge on any atom is -0.507 e. The molecule has 11 nitrogen and oxygen atoms in total. The summed E-state index contributed by atoms with van der Waals surface area (Å²) in [6.07, 6.45) is 2.63. The molecule has 240 valence electrons. The molecule has 0 aliphatic carbocycles. The van der Waals surface area contributed by atoms with E-state index < -0.39 is 84.3 Å². The second-order valence-corrected chi connectivity index (χ2v) is 13.7. The number of aromatic nitrogens is 4. The highest BCUT2D eigenvalue weighted by Crippen LogP contribution is 2.43. The first-order valence-corrected chi connectivity index (χ1v) is 16.0. The van der Waals surface area contributed by atoms with Gasteiger partial charge in [0.25, 0.3) is 0 Å². The van der Waals surface area contributed by atoms with Crippen LogP contribution in [0.2, 0.25) is 0 Å². The van der Waals surface area contributed by atoms with Crippen molar-refractivity contribution in [2.45, 2.75) is 50.6 Å². The number of phenolic OH excluding ortho intramolecular Hbond substituents is 1. The highest BCUT2D eigenvalue weighted by molar-refractivity contribution is 7.91. The quantitative estimate of drug-likeness (QED) is 0.326. The van der Waals surface area contributed by atoms with Crippen LogP contribution in [-0.2, 0) is 14.6 Å². The number of sulfone groups is 1. The smallest absolute Gasteiger partial charge is 0.355 e. The molecule has 0 radical (unpaired) electrons. The van der Waals surface area contributed by atoms with Crippen molar-refractivity contribution in [3.05, 3.63) is 76.2 Å². The zero-order chi connectivity index (χ0) is 33.4. The van der Waals surface area contributed by atoms with E-state index in [1.165, 1.54) is 11.1 Å². The van der Waals surface area contributed by atoms with E-state index in [9.17, 15) is 27.5 Å². The summed E-state index contributed by atoms with van der Waals surface area (Å²) in [5.41, 5.74) is -2.24. The van der Waals surface area contributed by atoms with Crippen molar-refractivity contribution >= 4 is 32.6 Å². The van der Waals surface area contributed by atoms with Gasteiger partial charge >= 0.3 is 5.69 Å². The lowest BCUT2D eigenvalue weighted by Gasteiger charge is -2.44. The van der Waals surface area contributed by atoms with Crippen molar-refractivity contribution in [1.29, 1.82) is 0 Å². The van der Waals surface area contributed by atoms with Crippen LogP contribution in [0.15, 0.2) is 46.7 Å². The number of halogens is 3. The molecular weight excluding hydrogens is 625 g/mol. The van der Waals surface area contributed by atoms with Gasteiger partial charge in [-0.15, -0.1) is 0 Å². The number of carbonyl (C=O) groups is 1. The monoisotopic (exact) mass is 654 g/mol. The predicted octanol–water partition coefficient (Wildman–Crippen LogP) is 3.78. The van der Waals surface area contributed by atoms with Gasteiger partial charge in [0.1, 0.15) is 22.2 Å². The summed E-state index contributed by atoms with van der Waals surface area (Å²) < 4.78 is 75.9. The highest BCUT2D eigenvalue weighted by atomic mass is 32.2. The lowest BCUT2D eigenvalue weighted by Crippen LogP contribution is -2.60. The summed E-state index contributed by atoms with van der Waals surface area (Å²) >= 11 is 0. The summed E-state index contributed by atoms with van der Waals surface area (Å²) in [6.45, 7) is 10.5. The van der Waals surface area contributed by atoms with E-state index in [0.717, 1.165) is 16.7 Å². The number of anilines is 1. The fourth-order valence-corrected chi connectivity index (χ4v) is 8.12. The van der Waals surface area contributed by atoms with Crippen LogP contribution in [0.1, 0.15) is 37.9 Å². The molecule has 1 aromatic carbocycles. The Morgan fingerprint density at radius 1 is 1.13 bits per heavy atom. The topological polar surface area (TPSA) is 139 Å². The molecule has 15 heteroatoms. The summed E-state index contributed by atoms with van der Waals surface area (Å²) in [7, 11) is -4.66. The largest absolute Gasteiger partial charge is 0.507 e. The normalized spacial score (nSPS) is 18.9. The second-order valence-electron chi connectivity index (χ2n) is 11.8. The first kappa shape index (κ1) is 31.2. The van der Waals surface area contributed by atoms with Gasteiger partial charge in [0.15, 0.2) is 32.9 Å². The van der Waals surface area contributed by atoms with E-state index in [2.05, 4.69) is 21.5 Å². The molecule has 1 amide bonds. The Balaban J connectivity index is 1.81. The number of piperazine rings is 1. The molecule has 2 unspecified atom stereocenters. The molecule has 5 heterocycles. The third-order valence-corrected chi connectivity index (χ3v) is 10.3. The van der Waals surface area contributed by atoms with Gasteiger partial charge in [0.2, 0.25) is 5.91 Å². The highest BCUT2D eigenvalue weighted by Gasteiger charge is 2.44. The number of amides is 1. The fourth-order valence-electron chi connectivity index (χ4n) is 6.30. The van der Waals surface area contributed by atoms with Gasteiger partial charge < -0.3 is 14.9 Å². The maximum absolute atomic E-state index is 16.7. The van der Waals surface area contributed by atoms with Crippen LogP contribution in [0.5, 0.6) is 5.75 Å². The molecule has 4 aromatic rings. The number of fused-ring (bicyclic) bond motifs is 2. The summed E-state index contributed by atoms with van der Waals surface area (Å²) in [6, 6.07) is 1.55. The third kappa shape index (κ3) is 4.63. The second kappa shape index (κ2) is 10.9. The van der Waals surface area contributed by atoms with Crippen molar-refractivity contribution < 1.29 is 31.5 Å². The number of aromatic hydroxyl groups is 1. The van der Waals surface area contributed by atoms with Crippen LogP contribution >= 0.6 is 0 Å². The van der Waals surface area contributed by atoms with Crippen LogP contribution in [0.25, 0.3) is 28.0 Å². The minimum atomic E-state index is -4.66. The van der Waals surface area contributed by atoms with Gasteiger partial charge in [-0.1, -0.05) is 20.4 Å². The average Bonchev–Trinajstić information content (AvgIpc) is 3.08. The molecule has 1 saturated heterocycles. The Hall–Kier alpha value is -4.79. The van der Waals surface area contributed by atoms with E-state index in [1.807, 2.05) is 13.8 Å². The fraction of sp³-hybridized carbons (Fsp3) is 0.323. The number of carbonyl (C=O) groups excluding carboxylic acids is 1. The Morgan fingerprint density at radius 3 is 2.52 bits per heavy atom. The molecule has 2 aliphatic heterocycles. The SMILES string of the molecule is C=CC(=O)N1CC2CS(=O)(=O)c3c(F)c(-c4c(O)ccc(F)c4F)nc4c3c(nc(=O)n4-c3c(C)ccnc3C(C)C)N2CC1C. The Labute approximate surface area is 261 Å². The number of hydrogen-bond acceptors (Lipinski definition) is 9. The van der Waals surface area contributed by atoms with Crippen molar-refractivity contribution in [3.8, 4) is 22.7 Å². The maximum atomic E-state index is 16.7. The zero-order valence-corrected chi connectivity index (χ0v) is 26.1. The van der Waals surface area contributed by atoms with Gasteiger partial charge in [-0.05, 0) is 49.6 Å². The van der Waals surface area contributed by atoms with Gasteiger partial charge in [-0.3, -0.25) is 9.78 Å². The van der Waals surface area contributed by atoms with Crippen molar-refractivity contribution in [2.24, 2.45) is 0 Å². The van der Waals surface area contributed by atoms with Crippen molar-refractivity contribution in [3.63, 3.8) is 0 Å². The van der Waals surface area contributed by atoms with Crippen LogP contribution in [0.4, 0.5) is 19.0 Å². The molecule has 2 atom stereocenters. The minimum absolute atomic E-state index is 0.0244. The third-order valence-electron chi connectivity index (χ3n) is 8.43. The van der Waals surface area contributed by atoms with Gasteiger partial charge in [-0.2, -0.15) is 4.98 Å². The van der Waals surface area contributed by atoms with E-state index in [-0.39, 0.29) is 35.9 Å². The molecule has 0 spiro atoms. The number of hydrogen-bond donors (Lipinski definition) is 1. The zero-order valence-electron chi connectivity index (χ0n) is 25.3. The van der Waals surface area contributed by atoms with E-state index in [0.29, 0.717) is 17.3 Å². The molecule has 0 saturated carbocycles. The van der Waals surface area contributed by atoms with Crippen LogP contribution < -0.4 is 10.6 Å².